The second-order valence-corrected chi connectivity index (χ2v) is 9.35. The van der Waals surface area contributed by atoms with Gasteiger partial charge < -0.3 is 15.4 Å². The molecule has 0 aliphatic carbocycles. The molecule has 190 valence electrons. The van der Waals surface area contributed by atoms with Crippen LogP contribution in [0.5, 0.6) is 5.75 Å². The molecular weight excluding hydrogens is 516 g/mol. The lowest BCUT2D eigenvalue weighted by atomic mass is 10.3. The van der Waals surface area contributed by atoms with Crippen LogP contribution in [0, 0.1) is 10.1 Å². The number of thiophene rings is 1. The molecule has 2 aromatic carbocycles. The molecule has 2 heterocycles. The van der Waals surface area contributed by atoms with E-state index in [0.717, 1.165) is 11.8 Å². The van der Waals surface area contributed by atoms with E-state index in [0.29, 0.717) is 39.6 Å². The van der Waals surface area contributed by atoms with Crippen LogP contribution in [-0.2, 0) is 11.3 Å². The highest BCUT2D eigenvalue weighted by Crippen LogP contribution is 2.24. The van der Waals surface area contributed by atoms with Crippen molar-refractivity contribution in [2.24, 2.45) is 0 Å². The minimum atomic E-state index is -0.487. The summed E-state index contributed by atoms with van der Waals surface area (Å²) in [6, 6.07) is 16.4. The standard InChI is InChI=1S/C24H22N6O5S2/c1-2-35-19-11-5-16(6-12-19)26-22(31)15-37-24-28-27-21(14-25-23(32)20-4-3-13-36-20)29(24)17-7-9-18(10-8-17)30(33)34/h3-13H,2,14-15H2,1H3,(H,25,32)(H,26,31). The number of nitro groups is 1. The predicted octanol–water partition coefficient (Wildman–Crippen LogP) is 4.30. The number of thioether (sulfide) groups is 1. The second kappa shape index (κ2) is 12.1. The molecule has 0 aliphatic heterocycles. The first-order valence-electron chi connectivity index (χ1n) is 11.1. The SMILES string of the molecule is CCOc1ccc(NC(=O)CSc2nnc(CNC(=O)c3cccs3)n2-c2ccc([N+](=O)[O-])cc2)cc1. The summed E-state index contributed by atoms with van der Waals surface area (Å²) < 4.78 is 7.07. The number of anilines is 1. The predicted molar refractivity (Wildman–Crippen MR) is 140 cm³/mol. The van der Waals surface area contributed by atoms with Crippen molar-refractivity contribution < 1.29 is 19.2 Å². The highest BCUT2D eigenvalue weighted by atomic mass is 32.2. The zero-order chi connectivity index (χ0) is 26.2. The molecule has 2 N–H and O–H groups in total. The van der Waals surface area contributed by atoms with Gasteiger partial charge in [0.1, 0.15) is 5.75 Å². The van der Waals surface area contributed by atoms with Gasteiger partial charge in [0.05, 0.1) is 28.7 Å². The lowest BCUT2D eigenvalue weighted by Crippen LogP contribution is -2.24. The molecule has 4 aromatic rings. The summed E-state index contributed by atoms with van der Waals surface area (Å²) in [5.41, 5.74) is 1.13. The topological polar surface area (TPSA) is 141 Å². The average molecular weight is 539 g/mol. The molecule has 0 unspecified atom stereocenters. The third kappa shape index (κ3) is 6.71. The van der Waals surface area contributed by atoms with Crippen molar-refractivity contribution in [1.29, 1.82) is 0 Å². The number of hydrogen-bond acceptors (Lipinski definition) is 9. The van der Waals surface area contributed by atoms with E-state index in [1.807, 2.05) is 6.92 Å². The normalized spacial score (nSPS) is 10.6. The van der Waals surface area contributed by atoms with E-state index in [2.05, 4.69) is 20.8 Å². The number of amides is 2. The van der Waals surface area contributed by atoms with Crippen LogP contribution in [0.2, 0.25) is 0 Å². The van der Waals surface area contributed by atoms with Gasteiger partial charge in [-0.1, -0.05) is 17.8 Å². The van der Waals surface area contributed by atoms with Crippen molar-refractivity contribution in [2.75, 3.05) is 17.7 Å². The zero-order valence-electron chi connectivity index (χ0n) is 19.6. The number of ether oxygens (including phenoxy) is 1. The van der Waals surface area contributed by atoms with Crippen LogP contribution in [0.25, 0.3) is 5.69 Å². The van der Waals surface area contributed by atoms with Crippen molar-refractivity contribution in [3.05, 3.63) is 86.9 Å². The van der Waals surface area contributed by atoms with Crippen LogP contribution >= 0.6 is 23.1 Å². The molecule has 11 nitrogen and oxygen atoms in total. The number of carbonyl (C=O) groups is 2. The molecule has 13 heteroatoms. The molecule has 0 radical (unpaired) electrons. The molecule has 2 amide bonds. The van der Waals surface area contributed by atoms with Gasteiger partial charge in [0.25, 0.3) is 11.6 Å². The summed E-state index contributed by atoms with van der Waals surface area (Å²) in [6.45, 7) is 2.52. The van der Waals surface area contributed by atoms with E-state index < -0.39 is 4.92 Å². The Kier molecular flexibility index (Phi) is 8.48. The highest BCUT2D eigenvalue weighted by Gasteiger charge is 2.18. The average Bonchev–Trinajstić information content (AvgIpc) is 3.58. The van der Waals surface area contributed by atoms with Crippen LogP contribution in [0.15, 0.2) is 71.2 Å². The fraction of sp³-hybridized carbons (Fsp3) is 0.167. The first-order valence-corrected chi connectivity index (χ1v) is 13.0. The summed E-state index contributed by atoms with van der Waals surface area (Å²) in [5.74, 6) is 0.662. The Bertz CT molecular complexity index is 1370. The minimum Gasteiger partial charge on any atom is -0.494 e. The molecule has 0 saturated heterocycles. The Morgan fingerprint density at radius 1 is 1.11 bits per heavy atom. The van der Waals surface area contributed by atoms with Crippen LogP contribution in [0.4, 0.5) is 11.4 Å². The number of aromatic nitrogens is 3. The fourth-order valence-electron chi connectivity index (χ4n) is 3.27. The molecule has 37 heavy (non-hydrogen) atoms. The number of nitro benzene ring substituents is 1. The number of non-ortho nitro benzene ring substituents is 1. The van der Waals surface area contributed by atoms with Crippen LogP contribution in [0.3, 0.4) is 0 Å². The Morgan fingerprint density at radius 2 is 1.86 bits per heavy atom. The van der Waals surface area contributed by atoms with Crippen molar-refractivity contribution in [2.45, 2.75) is 18.6 Å². The fourth-order valence-corrected chi connectivity index (χ4v) is 4.68. The van der Waals surface area contributed by atoms with E-state index in [1.54, 1.807) is 58.5 Å². The van der Waals surface area contributed by atoms with Gasteiger partial charge in [0, 0.05) is 23.5 Å². The monoisotopic (exact) mass is 538 g/mol. The van der Waals surface area contributed by atoms with Crippen molar-refractivity contribution in [3.63, 3.8) is 0 Å². The van der Waals surface area contributed by atoms with Gasteiger partial charge in [-0.05, 0) is 54.8 Å². The van der Waals surface area contributed by atoms with Crippen LogP contribution in [-0.4, -0.2) is 43.9 Å². The van der Waals surface area contributed by atoms with Gasteiger partial charge in [-0.3, -0.25) is 24.3 Å². The highest BCUT2D eigenvalue weighted by molar-refractivity contribution is 7.99. The van der Waals surface area contributed by atoms with Crippen molar-refractivity contribution >= 4 is 46.3 Å². The van der Waals surface area contributed by atoms with Gasteiger partial charge in [-0.2, -0.15) is 0 Å². The van der Waals surface area contributed by atoms with E-state index in [9.17, 15) is 19.7 Å². The molecule has 0 saturated carbocycles. The summed E-state index contributed by atoms with van der Waals surface area (Å²) in [5, 5.41) is 27.3. The molecular formula is C24H22N6O5S2. The van der Waals surface area contributed by atoms with Gasteiger partial charge in [0.15, 0.2) is 11.0 Å². The quantitative estimate of drug-likeness (QED) is 0.164. The summed E-state index contributed by atoms with van der Waals surface area (Å²) in [6.07, 6.45) is 0. The molecule has 0 aliphatic rings. The molecule has 2 aromatic heterocycles. The number of nitrogens with one attached hydrogen (secondary N) is 2. The third-order valence-corrected chi connectivity index (χ3v) is 6.75. The van der Waals surface area contributed by atoms with E-state index >= 15 is 0 Å². The number of benzene rings is 2. The second-order valence-electron chi connectivity index (χ2n) is 7.46. The Labute approximate surface area is 220 Å². The summed E-state index contributed by atoms with van der Waals surface area (Å²) in [7, 11) is 0. The maximum absolute atomic E-state index is 12.6. The maximum Gasteiger partial charge on any atom is 0.269 e. The minimum absolute atomic E-state index is 0.0415. The lowest BCUT2D eigenvalue weighted by Gasteiger charge is -2.11. The smallest absolute Gasteiger partial charge is 0.269 e. The Hall–Kier alpha value is -4.23. The zero-order valence-corrected chi connectivity index (χ0v) is 21.3. The first-order chi connectivity index (χ1) is 17.9. The van der Waals surface area contributed by atoms with Crippen molar-refractivity contribution in [3.8, 4) is 11.4 Å². The molecule has 0 atom stereocenters. The van der Waals surface area contributed by atoms with E-state index in [-0.39, 0.29) is 29.8 Å². The van der Waals surface area contributed by atoms with Gasteiger partial charge in [0.2, 0.25) is 5.91 Å². The molecule has 0 spiro atoms. The van der Waals surface area contributed by atoms with Crippen molar-refractivity contribution in [1.82, 2.24) is 20.1 Å². The lowest BCUT2D eigenvalue weighted by molar-refractivity contribution is -0.384. The van der Waals surface area contributed by atoms with E-state index in [1.165, 1.54) is 23.5 Å². The number of carbonyl (C=O) groups excluding carboxylic acids is 2. The Balaban J connectivity index is 1.49. The van der Waals surface area contributed by atoms with Gasteiger partial charge >= 0.3 is 0 Å². The van der Waals surface area contributed by atoms with E-state index in [4.69, 9.17) is 4.74 Å². The first kappa shape index (κ1) is 25.9. The molecule has 0 bridgehead atoms. The number of rotatable bonds is 11. The molecule has 0 fully saturated rings. The van der Waals surface area contributed by atoms with Crippen LogP contribution < -0.4 is 15.4 Å². The number of nitrogens with zero attached hydrogens (tertiary/aromatic N) is 4. The van der Waals surface area contributed by atoms with Gasteiger partial charge in [-0.15, -0.1) is 21.5 Å². The molecule has 4 rings (SSSR count). The summed E-state index contributed by atoms with van der Waals surface area (Å²) in [4.78, 5) is 36.1. The maximum atomic E-state index is 12.6. The van der Waals surface area contributed by atoms with Crippen LogP contribution in [0.1, 0.15) is 22.4 Å². The Morgan fingerprint density at radius 3 is 2.51 bits per heavy atom. The van der Waals surface area contributed by atoms with Gasteiger partial charge in [-0.25, -0.2) is 0 Å². The summed E-state index contributed by atoms with van der Waals surface area (Å²) >= 11 is 2.47. The number of hydrogen-bond donors (Lipinski definition) is 2. The largest absolute Gasteiger partial charge is 0.494 e. The third-order valence-electron chi connectivity index (χ3n) is 4.95.